The van der Waals surface area contributed by atoms with Crippen molar-refractivity contribution in [3.63, 3.8) is 0 Å². The third-order valence-corrected chi connectivity index (χ3v) is 4.33. The Morgan fingerprint density at radius 2 is 1.58 bits per heavy atom. The molecule has 0 radical (unpaired) electrons. The summed E-state index contributed by atoms with van der Waals surface area (Å²) >= 11 is 0. The molecule has 2 rings (SSSR count). The van der Waals surface area contributed by atoms with Gasteiger partial charge in [-0.15, -0.1) is 0 Å². The van der Waals surface area contributed by atoms with Crippen LogP contribution < -0.4 is 19.5 Å². The van der Waals surface area contributed by atoms with Gasteiger partial charge in [0.1, 0.15) is 5.75 Å². The summed E-state index contributed by atoms with van der Waals surface area (Å²) in [6.45, 7) is 10.1. The highest BCUT2D eigenvalue weighted by Gasteiger charge is 2.13. The monoisotopic (exact) mass is 429 g/mol. The molecule has 2 aromatic carbocycles. The highest BCUT2D eigenvalue weighted by Crippen LogP contribution is 2.30. The Bertz CT molecular complexity index is 894. The molecule has 0 aliphatic heterocycles. The molecule has 31 heavy (non-hydrogen) atoms. The topological polar surface area (TPSA) is 83.1 Å². The molecule has 0 aromatic heterocycles. The zero-order valence-electron chi connectivity index (χ0n) is 18.8. The number of anilines is 1. The molecule has 0 fully saturated rings. The van der Waals surface area contributed by atoms with Crippen molar-refractivity contribution < 1.29 is 28.5 Å². The van der Waals surface area contributed by atoms with Gasteiger partial charge in [-0.25, -0.2) is 4.79 Å². The number of nitrogens with one attached hydrogen (secondary N) is 1. The van der Waals surface area contributed by atoms with E-state index in [1.807, 2.05) is 39.0 Å². The van der Waals surface area contributed by atoms with Crippen molar-refractivity contribution in [3.8, 4) is 17.2 Å². The fourth-order valence-corrected chi connectivity index (χ4v) is 2.89. The molecule has 7 nitrogen and oxygen atoms in total. The third-order valence-electron chi connectivity index (χ3n) is 4.33. The summed E-state index contributed by atoms with van der Waals surface area (Å²) in [7, 11) is 0. The molecule has 1 amide bonds. The quantitative estimate of drug-likeness (QED) is 0.531. The van der Waals surface area contributed by atoms with Crippen molar-refractivity contribution in [1.82, 2.24) is 0 Å². The Balaban J connectivity index is 1.87. The summed E-state index contributed by atoms with van der Waals surface area (Å²) < 4.78 is 21.7. The first-order chi connectivity index (χ1) is 14.8. The third kappa shape index (κ3) is 7.51. The van der Waals surface area contributed by atoms with E-state index in [1.54, 1.807) is 18.2 Å². The van der Waals surface area contributed by atoms with E-state index in [0.29, 0.717) is 36.1 Å². The highest BCUT2D eigenvalue weighted by molar-refractivity contribution is 5.93. The summed E-state index contributed by atoms with van der Waals surface area (Å²) in [5.41, 5.74) is 2.57. The zero-order valence-corrected chi connectivity index (χ0v) is 18.8. The number of rotatable bonds is 11. The Morgan fingerprint density at radius 3 is 2.26 bits per heavy atom. The van der Waals surface area contributed by atoms with Gasteiger partial charge < -0.3 is 24.3 Å². The first-order valence-electron chi connectivity index (χ1n) is 10.4. The Kier molecular flexibility index (Phi) is 9.18. The van der Waals surface area contributed by atoms with E-state index in [1.165, 1.54) is 0 Å². The summed E-state index contributed by atoms with van der Waals surface area (Å²) in [4.78, 5) is 24.2. The molecule has 0 bridgehead atoms. The molecule has 0 atom stereocenters. The second kappa shape index (κ2) is 11.8. The fourth-order valence-electron chi connectivity index (χ4n) is 2.89. The van der Waals surface area contributed by atoms with E-state index < -0.39 is 18.5 Å². The van der Waals surface area contributed by atoms with Gasteiger partial charge in [0.15, 0.2) is 24.7 Å². The van der Waals surface area contributed by atoms with Gasteiger partial charge in [-0.1, -0.05) is 26.0 Å². The summed E-state index contributed by atoms with van der Waals surface area (Å²) in [6, 6.07) is 11.0. The number of ether oxygens (including phenoxy) is 4. The van der Waals surface area contributed by atoms with Crippen LogP contribution in [0.25, 0.3) is 0 Å². The molecule has 0 unspecified atom stereocenters. The predicted molar refractivity (Wildman–Crippen MR) is 119 cm³/mol. The molecule has 0 aliphatic rings. The normalized spacial score (nSPS) is 10.5. The number of carbonyl (C=O) groups excluding carboxylic acids is 2. The maximum atomic E-state index is 12.2. The molecule has 0 aliphatic carbocycles. The van der Waals surface area contributed by atoms with E-state index in [9.17, 15) is 9.59 Å². The smallest absolute Gasteiger partial charge is 0.344 e. The molecule has 0 saturated carbocycles. The molecule has 0 saturated heterocycles. The van der Waals surface area contributed by atoms with E-state index in [-0.39, 0.29) is 12.5 Å². The average Bonchev–Trinajstić information content (AvgIpc) is 2.72. The van der Waals surface area contributed by atoms with Gasteiger partial charge in [-0.3, -0.25) is 4.79 Å². The van der Waals surface area contributed by atoms with Crippen molar-refractivity contribution >= 4 is 17.6 Å². The summed E-state index contributed by atoms with van der Waals surface area (Å²) in [5.74, 6) is 0.961. The highest BCUT2D eigenvalue weighted by atomic mass is 16.6. The lowest BCUT2D eigenvalue weighted by Gasteiger charge is -2.15. The fraction of sp³-hybridized carbons (Fsp3) is 0.417. The Hall–Kier alpha value is -3.22. The molecule has 0 spiro atoms. The Morgan fingerprint density at radius 1 is 0.871 bits per heavy atom. The minimum absolute atomic E-state index is 0.257. The van der Waals surface area contributed by atoms with Crippen LogP contribution in [0.2, 0.25) is 0 Å². The van der Waals surface area contributed by atoms with E-state index in [2.05, 4.69) is 19.2 Å². The number of benzene rings is 2. The van der Waals surface area contributed by atoms with Gasteiger partial charge in [0.2, 0.25) is 0 Å². The Labute approximate surface area is 183 Å². The van der Waals surface area contributed by atoms with Crippen LogP contribution >= 0.6 is 0 Å². The van der Waals surface area contributed by atoms with E-state index in [0.717, 1.165) is 11.1 Å². The summed E-state index contributed by atoms with van der Waals surface area (Å²) in [6.07, 6.45) is 0. The van der Waals surface area contributed by atoms with Crippen LogP contribution in [-0.4, -0.2) is 38.3 Å². The lowest BCUT2D eigenvalue weighted by atomic mass is 10.0. The standard InChI is InChI=1S/C24H31NO6/c1-6-28-20-11-9-18(13-22(20)29-7-2)25-23(26)14-31-24(27)15-30-21-12-17(5)8-10-19(21)16(3)4/h8-13,16H,6-7,14-15H2,1-5H3,(H,25,26). The molecule has 2 aromatic rings. The van der Waals surface area contributed by atoms with Gasteiger partial charge in [-0.05, 0) is 56.0 Å². The lowest BCUT2D eigenvalue weighted by Crippen LogP contribution is -2.23. The molecule has 0 heterocycles. The summed E-state index contributed by atoms with van der Waals surface area (Å²) in [5, 5.41) is 2.68. The minimum atomic E-state index is -0.618. The van der Waals surface area contributed by atoms with Crippen LogP contribution in [0.3, 0.4) is 0 Å². The lowest BCUT2D eigenvalue weighted by molar-refractivity contribution is -0.149. The zero-order chi connectivity index (χ0) is 22.8. The van der Waals surface area contributed by atoms with Gasteiger partial charge in [0, 0.05) is 11.8 Å². The predicted octanol–water partition coefficient (Wildman–Crippen LogP) is 4.48. The van der Waals surface area contributed by atoms with Gasteiger partial charge in [0.25, 0.3) is 5.91 Å². The van der Waals surface area contributed by atoms with E-state index in [4.69, 9.17) is 18.9 Å². The SMILES string of the molecule is CCOc1ccc(NC(=O)COC(=O)COc2cc(C)ccc2C(C)C)cc1OCC. The van der Waals surface area contributed by atoms with Crippen LogP contribution in [0.5, 0.6) is 17.2 Å². The second-order valence-corrected chi connectivity index (χ2v) is 7.22. The van der Waals surface area contributed by atoms with Crippen molar-refractivity contribution in [2.45, 2.75) is 40.5 Å². The van der Waals surface area contributed by atoms with Crippen molar-refractivity contribution in [1.29, 1.82) is 0 Å². The largest absolute Gasteiger partial charge is 0.490 e. The van der Waals surface area contributed by atoms with Gasteiger partial charge >= 0.3 is 5.97 Å². The van der Waals surface area contributed by atoms with Crippen molar-refractivity contribution in [2.24, 2.45) is 0 Å². The molecular weight excluding hydrogens is 398 g/mol. The van der Waals surface area contributed by atoms with Gasteiger partial charge in [-0.2, -0.15) is 0 Å². The number of aryl methyl sites for hydroxylation is 1. The second-order valence-electron chi connectivity index (χ2n) is 7.22. The molecular formula is C24H31NO6. The number of amides is 1. The van der Waals surface area contributed by atoms with Gasteiger partial charge in [0.05, 0.1) is 13.2 Å². The minimum Gasteiger partial charge on any atom is -0.490 e. The number of hydrogen-bond donors (Lipinski definition) is 1. The van der Waals surface area contributed by atoms with Crippen LogP contribution in [0.15, 0.2) is 36.4 Å². The maximum absolute atomic E-state index is 12.2. The first kappa shape index (κ1) is 24.1. The van der Waals surface area contributed by atoms with Crippen molar-refractivity contribution in [2.75, 3.05) is 31.7 Å². The number of esters is 1. The van der Waals surface area contributed by atoms with Crippen molar-refractivity contribution in [3.05, 3.63) is 47.5 Å². The van der Waals surface area contributed by atoms with Crippen LogP contribution in [0, 0.1) is 6.92 Å². The van der Waals surface area contributed by atoms with Crippen LogP contribution in [0.4, 0.5) is 5.69 Å². The molecule has 7 heteroatoms. The number of carbonyl (C=O) groups is 2. The van der Waals surface area contributed by atoms with Crippen LogP contribution in [0.1, 0.15) is 44.7 Å². The molecule has 168 valence electrons. The van der Waals surface area contributed by atoms with Crippen LogP contribution in [-0.2, 0) is 14.3 Å². The first-order valence-corrected chi connectivity index (χ1v) is 10.4. The average molecular weight is 430 g/mol. The number of hydrogen-bond acceptors (Lipinski definition) is 6. The molecule has 1 N–H and O–H groups in total. The van der Waals surface area contributed by atoms with E-state index >= 15 is 0 Å². The maximum Gasteiger partial charge on any atom is 0.344 e.